The quantitative estimate of drug-likeness (QED) is 0.671. The molecule has 6 heteroatoms. The lowest BCUT2D eigenvalue weighted by Gasteiger charge is -2.35. The van der Waals surface area contributed by atoms with Gasteiger partial charge >= 0.3 is 5.69 Å². The number of nitrogens with zero attached hydrogens (tertiary/aromatic N) is 1. The van der Waals surface area contributed by atoms with Crippen molar-refractivity contribution in [2.75, 3.05) is 5.32 Å². The van der Waals surface area contributed by atoms with E-state index in [1.165, 1.54) is 0 Å². The lowest BCUT2D eigenvalue weighted by molar-refractivity contribution is -0.386. The van der Waals surface area contributed by atoms with Gasteiger partial charge < -0.3 is 5.32 Å². The van der Waals surface area contributed by atoms with Crippen LogP contribution in [0.3, 0.4) is 0 Å². The van der Waals surface area contributed by atoms with Gasteiger partial charge in [0.25, 0.3) is 0 Å². The Kier molecular flexibility index (Phi) is 4.20. The molecular weight excluding hydrogens is 266 g/mol. The van der Waals surface area contributed by atoms with Crippen LogP contribution in [0.2, 0.25) is 0 Å². The molecule has 0 aliphatic heterocycles. The van der Waals surface area contributed by atoms with Crippen molar-refractivity contribution in [2.45, 2.75) is 39.2 Å². The van der Waals surface area contributed by atoms with Crippen molar-refractivity contribution in [1.82, 2.24) is 0 Å². The van der Waals surface area contributed by atoms with Gasteiger partial charge in [-0.05, 0) is 18.3 Å². The van der Waals surface area contributed by atoms with E-state index in [4.69, 9.17) is 0 Å². The van der Waals surface area contributed by atoms with Crippen LogP contribution in [0.5, 0.6) is 0 Å². The SMILES string of the molecule is CC1CCCC(Nc2cc(F)cc(F)c2[N+](=O)[O-])C1C. The Hall–Kier alpha value is -1.72. The summed E-state index contributed by atoms with van der Waals surface area (Å²) in [7, 11) is 0. The number of rotatable bonds is 3. The molecule has 1 aliphatic carbocycles. The standard InChI is InChI=1S/C14H18F2N2O2/c1-8-4-3-5-12(9(8)2)17-13-7-10(15)6-11(16)14(13)18(19)20/h6-9,12,17H,3-5H2,1-2H3. The molecule has 4 nitrogen and oxygen atoms in total. The molecule has 0 aromatic heterocycles. The van der Waals surface area contributed by atoms with Gasteiger partial charge in [-0.15, -0.1) is 0 Å². The molecular formula is C14H18F2N2O2. The number of benzene rings is 1. The van der Waals surface area contributed by atoms with Gasteiger partial charge in [0.15, 0.2) is 0 Å². The molecule has 0 heterocycles. The summed E-state index contributed by atoms with van der Waals surface area (Å²) in [5.74, 6) is -1.17. The van der Waals surface area contributed by atoms with Crippen molar-refractivity contribution in [2.24, 2.45) is 11.8 Å². The second-order valence-corrected chi connectivity index (χ2v) is 5.56. The van der Waals surface area contributed by atoms with Gasteiger partial charge in [0.1, 0.15) is 11.5 Å². The van der Waals surface area contributed by atoms with E-state index in [1.807, 2.05) is 0 Å². The molecule has 0 saturated heterocycles. The van der Waals surface area contributed by atoms with Crippen LogP contribution in [0.4, 0.5) is 20.2 Å². The first-order chi connectivity index (χ1) is 9.40. The summed E-state index contributed by atoms with van der Waals surface area (Å²) >= 11 is 0. The first kappa shape index (κ1) is 14.7. The van der Waals surface area contributed by atoms with E-state index in [-0.39, 0.29) is 11.7 Å². The summed E-state index contributed by atoms with van der Waals surface area (Å²) in [6, 6.07) is 1.53. The van der Waals surface area contributed by atoms with Crippen molar-refractivity contribution in [3.8, 4) is 0 Å². The van der Waals surface area contributed by atoms with Crippen molar-refractivity contribution in [3.63, 3.8) is 0 Å². The summed E-state index contributed by atoms with van der Waals surface area (Å²) in [6.07, 6.45) is 2.97. The van der Waals surface area contributed by atoms with E-state index in [1.54, 1.807) is 0 Å². The van der Waals surface area contributed by atoms with Crippen LogP contribution < -0.4 is 5.32 Å². The number of nitro groups is 1. The fourth-order valence-electron chi connectivity index (χ4n) is 2.85. The highest BCUT2D eigenvalue weighted by atomic mass is 19.1. The van der Waals surface area contributed by atoms with Gasteiger partial charge in [0, 0.05) is 18.2 Å². The molecule has 3 atom stereocenters. The number of anilines is 1. The van der Waals surface area contributed by atoms with Gasteiger partial charge in [-0.3, -0.25) is 10.1 Å². The molecule has 20 heavy (non-hydrogen) atoms. The highest BCUT2D eigenvalue weighted by Crippen LogP contribution is 2.35. The molecule has 1 N–H and O–H groups in total. The van der Waals surface area contributed by atoms with Gasteiger partial charge in [-0.1, -0.05) is 26.7 Å². The average Bonchev–Trinajstić information content (AvgIpc) is 2.33. The Morgan fingerprint density at radius 2 is 2.00 bits per heavy atom. The highest BCUT2D eigenvalue weighted by molar-refractivity contribution is 5.62. The minimum Gasteiger partial charge on any atom is -0.376 e. The van der Waals surface area contributed by atoms with Crippen LogP contribution in [-0.4, -0.2) is 11.0 Å². The van der Waals surface area contributed by atoms with Crippen molar-refractivity contribution < 1.29 is 13.7 Å². The monoisotopic (exact) mass is 284 g/mol. The van der Waals surface area contributed by atoms with Crippen molar-refractivity contribution in [1.29, 1.82) is 0 Å². The zero-order chi connectivity index (χ0) is 14.9. The second kappa shape index (κ2) is 5.73. The summed E-state index contributed by atoms with van der Waals surface area (Å²) in [4.78, 5) is 10.1. The topological polar surface area (TPSA) is 55.2 Å². The zero-order valence-corrected chi connectivity index (χ0v) is 11.5. The molecule has 110 valence electrons. The Labute approximate surface area is 116 Å². The van der Waals surface area contributed by atoms with Gasteiger partial charge in [-0.25, -0.2) is 4.39 Å². The maximum Gasteiger partial charge on any atom is 0.327 e. The van der Waals surface area contributed by atoms with E-state index in [0.717, 1.165) is 25.3 Å². The largest absolute Gasteiger partial charge is 0.376 e. The van der Waals surface area contributed by atoms with Crippen molar-refractivity contribution in [3.05, 3.63) is 33.9 Å². The number of hydrogen-bond donors (Lipinski definition) is 1. The van der Waals surface area contributed by atoms with E-state index in [9.17, 15) is 18.9 Å². The summed E-state index contributed by atoms with van der Waals surface area (Å²) in [6.45, 7) is 4.18. The molecule has 2 rings (SSSR count). The Morgan fingerprint density at radius 3 is 2.65 bits per heavy atom. The number of hydrogen-bond acceptors (Lipinski definition) is 3. The molecule has 0 radical (unpaired) electrons. The van der Waals surface area contributed by atoms with E-state index < -0.39 is 22.2 Å². The van der Waals surface area contributed by atoms with Gasteiger partial charge in [-0.2, -0.15) is 4.39 Å². The Bertz CT molecular complexity index is 522. The number of nitro benzene ring substituents is 1. The van der Waals surface area contributed by atoms with Gasteiger partial charge in [0.05, 0.1) is 4.92 Å². The van der Waals surface area contributed by atoms with Gasteiger partial charge in [0.2, 0.25) is 5.82 Å². The van der Waals surface area contributed by atoms with Crippen LogP contribution >= 0.6 is 0 Å². The Morgan fingerprint density at radius 1 is 1.30 bits per heavy atom. The fourth-order valence-corrected chi connectivity index (χ4v) is 2.85. The van der Waals surface area contributed by atoms with E-state index >= 15 is 0 Å². The number of nitrogens with one attached hydrogen (secondary N) is 1. The summed E-state index contributed by atoms with van der Waals surface area (Å²) < 4.78 is 26.9. The fraction of sp³-hybridized carbons (Fsp3) is 0.571. The first-order valence-electron chi connectivity index (χ1n) is 6.80. The maximum absolute atomic E-state index is 13.6. The zero-order valence-electron chi connectivity index (χ0n) is 11.5. The van der Waals surface area contributed by atoms with Crippen LogP contribution in [0.25, 0.3) is 0 Å². The van der Waals surface area contributed by atoms with Crippen LogP contribution in [0.15, 0.2) is 12.1 Å². The van der Waals surface area contributed by atoms with Crippen LogP contribution in [0.1, 0.15) is 33.1 Å². The summed E-state index contributed by atoms with van der Waals surface area (Å²) in [5.41, 5.74) is -0.754. The molecule has 1 aromatic rings. The third-order valence-corrected chi connectivity index (χ3v) is 4.26. The predicted molar refractivity (Wildman–Crippen MR) is 72.6 cm³/mol. The van der Waals surface area contributed by atoms with E-state index in [2.05, 4.69) is 19.2 Å². The molecule has 1 fully saturated rings. The normalized spacial score (nSPS) is 26.3. The van der Waals surface area contributed by atoms with Crippen LogP contribution in [0, 0.1) is 33.6 Å². The molecule has 0 spiro atoms. The average molecular weight is 284 g/mol. The summed E-state index contributed by atoms with van der Waals surface area (Å²) in [5, 5.41) is 13.9. The molecule has 1 saturated carbocycles. The molecule has 1 aliphatic rings. The molecule has 1 aromatic carbocycles. The highest BCUT2D eigenvalue weighted by Gasteiger charge is 2.30. The minimum atomic E-state index is -1.14. The lowest BCUT2D eigenvalue weighted by atomic mass is 9.78. The minimum absolute atomic E-state index is 0.00125. The molecule has 0 amide bonds. The van der Waals surface area contributed by atoms with Crippen LogP contribution in [-0.2, 0) is 0 Å². The third-order valence-electron chi connectivity index (χ3n) is 4.26. The number of halogens is 2. The lowest BCUT2D eigenvalue weighted by Crippen LogP contribution is -2.35. The van der Waals surface area contributed by atoms with E-state index in [0.29, 0.717) is 17.9 Å². The Balaban J connectivity index is 2.30. The maximum atomic E-state index is 13.6. The van der Waals surface area contributed by atoms with Crippen molar-refractivity contribution >= 4 is 11.4 Å². The molecule has 3 unspecified atom stereocenters. The molecule has 0 bridgehead atoms. The first-order valence-corrected chi connectivity index (χ1v) is 6.80. The second-order valence-electron chi connectivity index (χ2n) is 5.56. The predicted octanol–water partition coefficient (Wildman–Crippen LogP) is 4.11. The smallest absolute Gasteiger partial charge is 0.327 e. The third kappa shape index (κ3) is 2.89.